The lowest BCUT2D eigenvalue weighted by molar-refractivity contribution is 1.31. The molecule has 0 unspecified atom stereocenters. The van der Waals surface area contributed by atoms with Crippen LogP contribution in [-0.2, 0) is 0 Å². The van der Waals surface area contributed by atoms with Crippen LogP contribution in [0.15, 0.2) is 12.1 Å². The van der Waals surface area contributed by atoms with Crippen LogP contribution in [-0.4, -0.2) is 4.86 Å². The van der Waals surface area contributed by atoms with Crippen molar-refractivity contribution in [3.05, 3.63) is 35.4 Å². The molecule has 0 spiro atoms. The van der Waals surface area contributed by atoms with E-state index in [1.165, 1.54) is 0 Å². The molecule has 0 N–H and O–H groups in total. The first-order chi connectivity index (χ1) is 5.24. The Bertz CT molecular complexity index is 246. The van der Waals surface area contributed by atoms with E-state index in [0.717, 1.165) is 22.4 Å². The predicted octanol–water partition coefficient (Wildman–Crippen LogP) is 2.72. The molecule has 56 valence electrons. The van der Waals surface area contributed by atoms with E-state index in [9.17, 15) is 0 Å². The highest BCUT2D eigenvalue weighted by Gasteiger charge is 1.95. The zero-order chi connectivity index (χ0) is 8.27. The molecular weight excluding hydrogens is 152 g/mol. The maximum absolute atomic E-state index is 5.11. The number of rotatable bonds is 2. The first-order valence-electron chi connectivity index (χ1n) is 3.68. The molecule has 0 radical (unpaired) electrons. The van der Waals surface area contributed by atoms with Gasteiger partial charge in [-0.3, -0.25) is 0 Å². The van der Waals surface area contributed by atoms with Crippen LogP contribution < -0.4 is 0 Å². The van der Waals surface area contributed by atoms with Crippen LogP contribution in [0.5, 0.6) is 0 Å². The second-order valence-corrected chi connectivity index (χ2v) is 2.95. The Balaban J connectivity index is 2.90. The Morgan fingerprint density at radius 1 is 1.45 bits per heavy atom. The molecule has 0 aliphatic rings. The average molecular weight is 162 g/mol. The maximum atomic E-state index is 5.11. The van der Waals surface area contributed by atoms with Gasteiger partial charge in [0, 0.05) is 10.4 Å². The fourth-order valence-corrected chi connectivity index (χ4v) is 0.930. The summed E-state index contributed by atoms with van der Waals surface area (Å²) in [6.45, 7) is 4.05. The summed E-state index contributed by atoms with van der Waals surface area (Å²) < 4.78 is 0. The van der Waals surface area contributed by atoms with E-state index in [1.54, 1.807) is 0 Å². The molecule has 0 nitrogen and oxygen atoms in total. The molecular formula is C10H10S. The third-order valence-corrected chi connectivity index (χ3v) is 2.02. The summed E-state index contributed by atoms with van der Waals surface area (Å²) in [5.41, 5.74) is 2.11. The maximum Gasteiger partial charge on any atom is 0.0388 e. The smallest absolute Gasteiger partial charge is 0.0388 e. The summed E-state index contributed by atoms with van der Waals surface area (Å²) in [4.78, 5) is 0.959. The van der Waals surface area contributed by atoms with Crippen molar-refractivity contribution >= 4 is 17.1 Å². The number of thiocarbonyl (C=S) groups is 1. The summed E-state index contributed by atoms with van der Waals surface area (Å²) >= 11 is 5.11. The quantitative estimate of drug-likeness (QED) is 0.476. The monoisotopic (exact) mass is 162 g/mol. The first-order valence-corrected chi connectivity index (χ1v) is 4.08. The highest BCUT2D eigenvalue weighted by molar-refractivity contribution is 7.80. The molecule has 0 bridgehead atoms. The van der Waals surface area contributed by atoms with Crippen molar-refractivity contribution in [3.63, 3.8) is 0 Å². The van der Waals surface area contributed by atoms with Crippen LogP contribution in [0.4, 0.5) is 0 Å². The molecule has 0 aromatic heterocycles. The SMILES string of the molecule is CCC(=S)c1c#cc(C)cc1. The molecule has 0 aliphatic heterocycles. The van der Waals surface area contributed by atoms with E-state index >= 15 is 0 Å². The molecule has 0 heterocycles. The topological polar surface area (TPSA) is 0 Å². The van der Waals surface area contributed by atoms with Crippen molar-refractivity contribution < 1.29 is 0 Å². The van der Waals surface area contributed by atoms with E-state index in [2.05, 4.69) is 19.1 Å². The van der Waals surface area contributed by atoms with Crippen molar-refractivity contribution in [1.29, 1.82) is 0 Å². The van der Waals surface area contributed by atoms with Gasteiger partial charge in [0.15, 0.2) is 0 Å². The summed E-state index contributed by atoms with van der Waals surface area (Å²) in [7, 11) is 0. The molecule has 0 fully saturated rings. The van der Waals surface area contributed by atoms with Gasteiger partial charge in [-0.15, -0.1) is 0 Å². The normalized spacial score (nSPS) is 8.91. The fraction of sp³-hybridized carbons (Fsp3) is 0.300. The molecule has 11 heavy (non-hydrogen) atoms. The molecule has 1 rings (SSSR count). The molecule has 0 amide bonds. The third-order valence-electron chi connectivity index (χ3n) is 1.52. The minimum Gasteiger partial charge on any atom is -0.0836 e. The van der Waals surface area contributed by atoms with Gasteiger partial charge in [-0.25, -0.2) is 0 Å². The minimum absolute atomic E-state index is 0.905. The zero-order valence-electron chi connectivity index (χ0n) is 6.77. The van der Waals surface area contributed by atoms with Gasteiger partial charge in [0.1, 0.15) is 0 Å². The zero-order valence-corrected chi connectivity index (χ0v) is 7.59. The Morgan fingerprint density at radius 3 is 2.64 bits per heavy atom. The van der Waals surface area contributed by atoms with Crippen molar-refractivity contribution in [2.24, 2.45) is 0 Å². The van der Waals surface area contributed by atoms with Crippen molar-refractivity contribution in [1.82, 2.24) is 0 Å². The van der Waals surface area contributed by atoms with Crippen LogP contribution >= 0.6 is 12.2 Å². The molecule has 1 heteroatoms. The van der Waals surface area contributed by atoms with E-state index < -0.39 is 0 Å². The highest BCUT2D eigenvalue weighted by atomic mass is 32.1. The molecule has 0 saturated heterocycles. The van der Waals surface area contributed by atoms with Gasteiger partial charge in [0.25, 0.3) is 0 Å². The van der Waals surface area contributed by atoms with E-state index in [4.69, 9.17) is 12.2 Å². The largest absolute Gasteiger partial charge is 0.0836 e. The van der Waals surface area contributed by atoms with Crippen LogP contribution in [0.2, 0.25) is 0 Å². The number of hydrogen-bond donors (Lipinski definition) is 0. The molecule has 1 aromatic rings. The second-order valence-electron chi connectivity index (χ2n) is 2.46. The predicted molar refractivity (Wildman–Crippen MR) is 50.8 cm³/mol. The lowest BCUT2D eigenvalue weighted by Crippen LogP contribution is -1.92. The Labute approximate surface area is 73.2 Å². The summed E-state index contributed by atoms with van der Waals surface area (Å²) in [6.07, 6.45) is 0.905. The Kier molecular flexibility index (Phi) is 2.62. The first kappa shape index (κ1) is 8.23. The van der Waals surface area contributed by atoms with Crippen molar-refractivity contribution in [2.75, 3.05) is 0 Å². The van der Waals surface area contributed by atoms with E-state index in [0.29, 0.717) is 0 Å². The Morgan fingerprint density at radius 2 is 2.18 bits per heavy atom. The van der Waals surface area contributed by atoms with Crippen LogP contribution in [0.1, 0.15) is 24.5 Å². The van der Waals surface area contributed by atoms with Gasteiger partial charge in [0.2, 0.25) is 0 Å². The van der Waals surface area contributed by atoms with Gasteiger partial charge in [-0.05, 0) is 31.0 Å². The minimum atomic E-state index is 0.905. The van der Waals surface area contributed by atoms with Gasteiger partial charge in [-0.1, -0.05) is 31.3 Å². The van der Waals surface area contributed by atoms with Crippen LogP contribution in [0.3, 0.4) is 0 Å². The van der Waals surface area contributed by atoms with Gasteiger partial charge < -0.3 is 0 Å². The molecule has 1 aromatic carbocycles. The molecule has 0 atom stereocenters. The summed E-state index contributed by atoms with van der Waals surface area (Å²) in [5.74, 6) is 0. The van der Waals surface area contributed by atoms with Crippen molar-refractivity contribution in [2.45, 2.75) is 20.3 Å². The average Bonchev–Trinajstić information content (AvgIpc) is 2.05. The van der Waals surface area contributed by atoms with E-state index in [1.807, 2.05) is 19.1 Å². The van der Waals surface area contributed by atoms with Gasteiger partial charge in [-0.2, -0.15) is 0 Å². The fourth-order valence-electron chi connectivity index (χ4n) is 0.811. The van der Waals surface area contributed by atoms with Gasteiger partial charge >= 0.3 is 0 Å². The number of aryl methyl sites for hydroxylation is 1. The van der Waals surface area contributed by atoms with Gasteiger partial charge in [0.05, 0.1) is 0 Å². The lowest BCUT2D eigenvalue weighted by atomic mass is 10.1. The second kappa shape index (κ2) is 3.50. The summed E-state index contributed by atoms with van der Waals surface area (Å²) in [6, 6.07) is 10.0. The Hall–Kier alpha value is -0.870. The standard InChI is InChI=1S/C10H10S/c1-3-10(11)9-6-4-8(2)5-7-9/h4,6H,3H2,1-2H3. The summed E-state index contributed by atoms with van der Waals surface area (Å²) in [5, 5.41) is 0. The number of hydrogen-bond acceptors (Lipinski definition) is 1. The third kappa shape index (κ3) is 2.03. The lowest BCUT2D eigenvalue weighted by Gasteiger charge is -1.94. The van der Waals surface area contributed by atoms with E-state index in [-0.39, 0.29) is 0 Å². The van der Waals surface area contributed by atoms with Crippen LogP contribution in [0, 0.1) is 19.1 Å². The molecule has 0 saturated carbocycles. The van der Waals surface area contributed by atoms with Crippen molar-refractivity contribution in [3.8, 4) is 0 Å². The highest BCUT2D eigenvalue weighted by Crippen LogP contribution is 2.01. The molecule has 0 aliphatic carbocycles. The van der Waals surface area contributed by atoms with Crippen LogP contribution in [0.25, 0.3) is 0 Å².